The molecule has 3 N–H and O–H groups in total. The Kier molecular flexibility index (Phi) is 7.48. The van der Waals surface area contributed by atoms with Gasteiger partial charge in [-0.1, -0.05) is 11.6 Å². The average Bonchev–Trinajstić information content (AvgIpc) is 2.70. The van der Waals surface area contributed by atoms with Gasteiger partial charge in [0.25, 0.3) is 5.91 Å². The van der Waals surface area contributed by atoms with Crippen LogP contribution in [0.1, 0.15) is 10.4 Å². The number of carbonyl (C=O) groups is 2. The molecule has 0 aliphatic heterocycles. The van der Waals surface area contributed by atoms with Gasteiger partial charge in [-0.25, -0.2) is 18.4 Å². The van der Waals surface area contributed by atoms with Crippen LogP contribution in [0.4, 0.5) is 5.69 Å². The van der Waals surface area contributed by atoms with Crippen molar-refractivity contribution in [2.75, 3.05) is 33.3 Å². The smallest absolute Gasteiger partial charge is 0.338 e. The number of halogens is 1. The van der Waals surface area contributed by atoms with Gasteiger partial charge in [0.05, 0.1) is 31.9 Å². The molecule has 0 unspecified atom stereocenters. The Labute approximate surface area is 177 Å². The Balaban J connectivity index is 2.09. The van der Waals surface area contributed by atoms with Crippen molar-refractivity contribution in [2.24, 2.45) is 5.14 Å². The van der Waals surface area contributed by atoms with Crippen molar-refractivity contribution in [3.8, 4) is 17.2 Å². The predicted octanol–water partition coefficient (Wildman–Crippen LogP) is 1.81. The maximum atomic E-state index is 12.1. The van der Waals surface area contributed by atoms with Crippen LogP contribution in [0.25, 0.3) is 0 Å². The number of methoxy groups -OCH3 is 3. The van der Waals surface area contributed by atoms with Crippen LogP contribution >= 0.6 is 11.6 Å². The summed E-state index contributed by atoms with van der Waals surface area (Å²) in [5.74, 6) is -0.602. The fourth-order valence-electron chi connectivity index (χ4n) is 2.41. The number of anilines is 1. The first kappa shape index (κ1) is 23.3. The third kappa shape index (κ3) is 5.53. The van der Waals surface area contributed by atoms with Gasteiger partial charge in [0.15, 0.2) is 18.1 Å². The maximum Gasteiger partial charge on any atom is 0.338 e. The van der Waals surface area contributed by atoms with Gasteiger partial charge >= 0.3 is 5.97 Å². The number of hydrogen-bond acceptors (Lipinski definition) is 8. The Morgan fingerprint density at radius 1 is 1.03 bits per heavy atom. The van der Waals surface area contributed by atoms with Gasteiger partial charge in [0.1, 0.15) is 4.90 Å². The van der Waals surface area contributed by atoms with E-state index in [2.05, 4.69) is 5.32 Å². The zero-order chi connectivity index (χ0) is 22.5. The largest absolute Gasteiger partial charge is 0.493 e. The van der Waals surface area contributed by atoms with E-state index < -0.39 is 33.4 Å². The van der Waals surface area contributed by atoms with Gasteiger partial charge in [-0.15, -0.1) is 0 Å². The van der Waals surface area contributed by atoms with Gasteiger partial charge in [-0.05, 0) is 18.2 Å². The van der Waals surface area contributed by atoms with Crippen molar-refractivity contribution in [3.63, 3.8) is 0 Å². The molecule has 30 heavy (non-hydrogen) atoms. The highest BCUT2D eigenvalue weighted by Gasteiger charge is 2.19. The van der Waals surface area contributed by atoms with Gasteiger partial charge in [-0.3, -0.25) is 4.79 Å². The monoisotopic (exact) mass is 458 g/mol. The molecule has 2 rings (SSSR count). The molecule has 162 valence electrons. The summed E-state index contributed by atoms with van der Waals surface area (Å²) >= 11 is 5.77. The van der Waals surface area contributed by atoms with E-state index in [4.69, 9.17) is 35.7 Å². The molecule has 0 saturated heterocycles. The number of amides is 1. The normalized spacial score (nSPS) is 10.8. The minimum atomic E-state index is -4.13. The Hall–Kier alpha value is -3.02. The standard InChI is InChI=1S/C18H19ClN2O8S/c1-26-13-7-11(8-14(27-2)17(13)28-3)21-16(22)9-29-18(23)10-4-5-12(19)15(6-10)30(20,24)25/h4-8H,9H2,1-3H3,(H,21,22)(H2,20,24,25). The maximum absolute atomic E-state index is 12.1. The van der Waals surface area contributed by atoms with Gasteiger partial charge < -0.3 is 24.3 Å². The van der Waals surface area contributed by atoms with Crippen LogP contribution in [0.5, 0.6) is 17.2 Å². The molecule has 0 fully saturated rings. The van der Waals surface area contributed by atoms with Crippen LogP contribution in [0, 0.1) is 0 Å². The molecule has 0 bridgehead atoms. The van der Waals surface area contributed by atoms with E-state index in [9.17, 15) is 18.0 Å². The molecule has 0 heterocycles. The third-order valence-electron chi connectivity index (χ3n) is 3.76. The SMILES string of the molecule is COc1cc(NC(=O)COC(=O)c2ccc(Cl)c(S(N)(=O)=O)c2)cc(OC)c1OC. The molecule has 0 saturated carbocycles. The lowest BCUT2D eigenvalue weighted by Gasteiger charge is -2.14. The summed E-state index contributed by atoms with van der Waals surface area (Å²) in [6, 6.07) is 6.40. The van der Waals surface area contributed by atoms with Crippen LogP contribution in [-0.4, -0.2) is 48.2 Å². The molecule has 10 nitrogen and oxygen atoms in total. The summed E-state index contributed by atoms with van der Waals surface area (Å²) in [6.07, 6.45) is 0. The molecule has 0 aliphatic rings. The van der Waals surface area contributed by atoms with Crippen LogP contribution in [0.2, 0.25) is 5.02 Å². The Morgan fingerprint density at radius 2 is 1.63 bits per heavy atom. The first-order valence-corrected chi connectivity index (χ1v) is 10.1. The summed E-state index contributed by atoms with van der Waals surface area (Å²) in [4.78, 5) is 23.9. The van der Waals surface area contributed by atoms with Gasteiger partial charge in [-0.2, -0.15) is 0 Å². The number of rotatable bonds is 8. The van der Waals surface area contributed by atoms with Crippen LogP contribution in [0.15, 0.2) is 35.2 Å². The lowest BCUT2D eigenvalue weighted by molar-refractivity contribution is -0.119. The van der Waals surface area contributed by atoms with Gasteiger partial charge in [0, 0.05) is 17.8 Å². The van der Waals surface area contributed by atoms with E-state index in [-0.39, 0.29) is 10.6 Å². The van der Waals surface area contributed by atoms with Crippen molar-refractivity contribution in [1.82, 2.24) is 0 Å². The lowest BCUT2D eigenvalue weighted by Crippen LogP contribution is -2.21. The highest BCUT2D eigenvalue weighted by molar-refractivity contribution is 7.89. The number of primary sulfonamides is 1. The number of sulfonamides is 1. The van der Waals surface area contributed by atoms with Crippen molar-refractivity contribution in [3.05, 3.63) is 40.9 Å². The van der Waals surface area contributed by atoms with Crippen molar-refractivity contribution < 1.29 is 37.0 Å². The molecule has 12 heteroatoms. The second kappa shape index (κ2) is 9.65. The van der Waals surface area contributed by atoms with E-state index in [0.717, 1.165) is 6.07 Å². The highest BCUT2D eigenvalue weighted by Crippen LogP contribution is 2.39. The zero-order valence-corrected chi connectivity index (χ0v) is 17.8. The van der Waals surface area contributed by atoms with Crippen LogP contribution in [-0.2, 0) is 19.6 Å². The number of esters is 1. The van der Waals surface area contributed by atoms with E-state index in [0.29, 0.717) is 22.9 Å². The zero-order valence-electron chi connectivity index (χ0n) is 16.2. The van der Waals surface area contributed by atoms with E-state index in [1.807, 2.05) is 0 Å². The average molecular weight is 459 g/mol. The number of ether oxygens (including phenoxy) is 4. The van der Waals surface area contributed by atoms with Crippen molar-refractivity contribution >= 4 is 39.2 Å². The minimum absolute atomic E-state index is 0.135. The summed E-state index contributed by atoms with van der Waals surface area (Å²) in [5, 5.41) is 7.43. The topological polar surface area (TPSA) is 143 Å². The van der Waals surface area contributed by atoms with E-state index in [1.54, 1.807) is 0 Å². The van der Waals surface area contributed by atoms with Gasteiger partial charge in [0.2, 0.25) is 15.8 Å². The second-order valence-corrected chi connectivity index (χ2v) is 7.67. The molecule has 0 radical (unpaired) electrons. The quantitative estimate of drug-likeness (QED) is 0.570. The third-order valence-corrected chi connectivity index (χ3v) is 5.15. The number of benzene rings is 2. The lowest BCUT2D eigenvalue weighted by atomic mass is 10.2. The molecular weight excluding hydrogens is 440 g/mol. The molecule has 0 aromatic heterocycles. The summed E-state index contributed by atoms with van der Waals surface area (Å²) < 4.78 is 43.5. The molecule has 2 aromatic rings. The van der Waals surface area contributed by atoms with E-state index in [1.165, 1.54) is 45.6 Å². The summed E-state index contributed by atoms with van der Waals surface area (Å²) in [7, 11) is 0.154. The highest BCUT2D eigenvalue weighted by atomic mass is 35.5. The molecular formula is C18H19ClN2O8S. The number of carbonyl (C=O) groups excluding carboxylic acids is 2. The fraction of sp³-hybridized carbons (Fsp3) is 0.222. The van der Waals surface area contributed by atoms with E-state index >= 15 is 0 Å². The Bertz CT molecular complexity index is 1050. The molecule has 2 aromatic carbocycles. The molecule has 0 spiro atoms. The molecule has 0 aliphatic carbocycles. The molecule has 1 amide bonds. The number of nitrogens with two attached hydrogens (primary N) is 1. The summed E-state index contributed by atoms with van der Waals surface area (Å²) in [5.41, 5.74) is 0.178. The number of hydrogen-bond donors (Lipinski definition) is 2. The second-order valence-electron chi connectivity index (χ2n) is 5.73. The van der Waals surface area contributed by atoms with Crippen molar-refractivity contribution in [2.45, 2.75) is 4.90 Å². The first-order chi connectivity index (χ1) is 14.1. The minimum Gasteiger partial charge on any atom is -0.493 e. The first-order valence-electron chi connectivity index (χ1n) is 8.20. The predicted molar refractivity (Wildman–Crippen MR) is 108 cm³/mol. The Morgan fingerprint density at radius 3 is 2.13 bits per heavy atom. The number of nitrogens with one attached hydrogen (secondary N) is 1. The molecule has 0 atom stereocenters. The van der Waals surface area contributed by atoms with Crippen molar-refractivity contribution in [1.29, 1.82) is 0 Å². The fourth-order valence-corrected chi connectivity index (χ4v) is 3.48. The van der Waals surface area contributed by atoms with Crippen LogP contribution in [0.3, 0.4) is 0 Å². The van der Waals surface area contributed by atoms with Crippen LogP contribution < -0.4 is 24.7 Å². The summed E-state index contributed by atoms with van der Waals surface area (Å²) in [6.45, 7) is -0.636.